The molecule has 0 aliphatic carbocycles. The lowest BCUT2D eigenvalue weighted by molar-refractivity contribution is -0.118. The van der Waals surface area contributed by atoms with Gasteiger partial charge in [-0.25, -0.2) is 13.8 Å². The van der Waals surface area contributed by atoms with E-state index in [1.54, 1.807) is 11.3 Å². The first-order valence-electron chi connectivity index (χ1n) is 6.88. The minimum Gasteiger partial charge on any atom is -0.355 e. The predicted molar refractivity (Wildman–Crippen MR) is 87.8 cm³/mol. The van der Waals surface area contributed by atoms with Gasteiger partial charge < -0.3 is 10.3 Å². The highest BCUT2D eigenvalue weighted by Crippen LogP contribution is 2.21. The van der Waals surface area contributed by atoms with Crippen LogP contribution in [-0.4, -0.2) is 28.2 Å². The Morgan fingerprint density at radius 3 is 2.96 bits per heavy atom. The molecule has 3 aromatic rings. The van der Waals surface area contributed by atoms with E-state index in [1.165, 1.54) is 16.6 Å². The van der Waals surface area contributed by atoms with Gasteiger partial charge in [-0.15, -0.1) is 11.3 Å². The van der Waals surface area contributed by atoms with Crippen LogP contribution in [0.1, 0.15) is 4.88 Å². The van der Waals surface area contributed by atoms with Crippen LogP contribution in [0.3, 0.4) is 0 Å². The average molecular weight is 353 g/mol. The van der Waals surface area contributed by atoms with Gasteiger partial charge in [0, 0.05) is 23.6 Å². The third-order valence-corrected chi connectivity index (χ3v) is 4.93. The third kappa shape index (κ3) is 4.08. The van der Waals surface area contributed by atoms with E-state index < -0.39 is 11.6 Å². The van der Waals surface area contributed by atoms with Crippen molar-refractivity contribution < 1.29 is 13.6 Å². The molecule has 0 saturated heterocycles. The van der Waals surface area contributed by atoms with Crippen molar-refractivity contribution in [3.63, 3.8) is 0 Å². The quantitative estimate of drug-likeness (QED) is 0.668. The second-order valence-electron chi connectivity index (χ2n) is 4.79. The van der Waals surface area contributed by atoms with Crippen molar-refractivity contribution in [3.05, 3.63) is 46.2 Å². The summed E-state index contributed by atoms with van der Waals surface area (Å²) in [6.45, 7) is 0.580. The summed E-state index contributed by atoms with van der Waals surface area (Å²) in [5.74, 6) is -1.78. The summed E-state index contributed by atoms with van der Waals surface area (Å²) in [6.07, 6.45) is 0.803. The minimum absolute atomic E-state index is 0.107. The lowest BCUT2D eigenvalue weighted by Gasteiger charge is -2.02. The number of nitrogens with zero attached hydrogens (tertiary/aromatic N) is 1. The minimum atomic E-state index is -0.938. The molecule has 3 rings (SSSR count). The van der Waals surface area contributed by atoms with Crippen LogP contribution in [0, 0.1) is 11.6 Å². The molecular formula is C15H13F2N3OS2. The standard InChI is InChI=1S/C15H13F2N3OS2/c16-10-6-12-13(7-11(10)17)20-15(19-12)23-8-14(21)18-4-3-9-2-1-5-22-9/h1-2,5-7H,3-4,8H2,(H,18,21)(H,19,20). The van der Waals surface area contributed by atoms with Gasteiger partial charge in [-0.05, 0) is 17.9 Å². The molecule has 1 amide bonds. The van der Waals surface area contributed by atoms with Crippen molar-refractivity contribution in [1.29, 1.82) is 0 Å². The van der Waals surface area contributed by atoms with Gasteiger partial charge in [0.1, 0.15) is 0 Å². The molecule has 2 heterocycles. The first kappa shape index (κ1) is 15.9. The van der Waals surface area contributed by atoms with Gasteiger partial charge in [0.25, 0.3) is 0 Å². The van der Waals surface area contributed by atoms with Gasteiger partial charge in [0.15, 0.2) is 16.8 Å². The highest BCUT2D eigenvalue weighted by Gasteiger charge is 2.10. The smallest absolute Gasteiger partial charge is 0.230 e. The fraction of sp³-hybridized carbons (Fsp3) is 0.200. The summed E-state index contributed by atoms with van der Waals surface area (Å²) < 4.78 is 26.3. The monoisotopic (exact) mass is 353 g/mol. The molecule has 1 aromatic carbocycles. The summed E-state index contributed by atoms with van der Waals surface area (Å²) >= 11 is 2.85. The van der Waals surface area contributed by atoms with Gasteiger partial charge in [-0.3, -0.25) is 4.79 Å². The number of fused-ring (bicyclic) bond motifs is 1. The number of H-pyrrole nitrogens is 1. The fourth-order valence-electron chi connectivity index (χ4n) is 2.01. The Kier molecular flexibility index (Phi) is 4.92. The Balaban J connectivity index is 1.50. The zero-order chi connectivity index (χ0) is 16.2. The number of aromatic nitrogens is 2. The molecule has 0 radical (unpaired) electrons. The normalized spacial score (nSPS) is 11.0. The Morgan fingerprint density at radius 1 is 1.35 bits per heavy atom. The van der Waals surface area contributed by atoms with E-state index >= 15 is 0 Å². The highest BCUT2D eigenvalue weighted by molar-refractivity contribution is 7.99. The third-order valence-electron chi connectivity index (χ3n) is 3.12. The number of amides is 1. The largest absolute Gasteiger partial charge is 0.355 e. The van der Waals surface area contributed by atoms with Crippen LogP contribution in [0.5, 0.6) is 0 Å². The number of thiophene rings is 1. The summed E-state index contributed by atoms with van der Waals surface area (Å²) in [5.41, 5.74) is 0.744. The first-order valence-corrected chi connectivity index (χ1v) is 8.75. The van der Waals surface area contributed by atoms with Crippen LogP contribution in [0.15, 0.2) is 34.8 Å². The number of rotatable bonds is 6. The molecule has 4 nitrogen and oxygen atoms in total. The molecule has 0 fully saturated rings. The Labute approximate surface area is 139 Å². The summed E-state index contributed by atoms with van der Waals surface area (Å²) in [4.78, 5) is 20.0. The van der Waals surface area contributed by atoms with Crippen molar-refractivity contribution in [1.82, 2.24) is 15.3 Å². The summed E-state index contributed by atoms with van der Waals surface area (Å²) in [6, 6.07) is 6.10. The number of halogens is 2. The fourth-order valence-corrected chi connectivity index (χ4v) is 3.44. The molecule has 0 atom stereocenters. The summed E-state index contributed by atoms with van der Waals surface area (Å²) in [7, 11) is 0. The second kappa shape index (κ2) is 7.10. The van der Waals surface area contributed by atoms with Gasteiger partial charge in [0.2, 0.25) is 5.91 Å². The van der Waals surface area contributed by atoms with Crippen molar-refractivity contribution in [3.8, 4) is 0 Å². The highest BCUT2D eigenvalue weighted by atomic mass is 32.2. The molecule has 0 bridgehead atoms. The van der Waals surface area contributed by atoms with Crippen LogP contribution in [0.25, 0.3) is 11.0 Å². The molecule has 0 unspecified atom stereocenters. The van der Waals surface area contributed by atoms with Crippen molar-refractivity contribution in [2.75, 3.05) is 12.3 Å². The molecule has 0 aliphatic rings. The van der Waals surface area contributed by atoms with E-state index in [2.05, 4.69) is 15.3 Å². The topological polar surface area (TPSA) is 57.8 Å². The number of carbonyl (C=O) groups excluding carboxylic acids is 1. The average Bonchev–Trinajstić information content (AvgIpc) is 3.15. The number of benzene rings is 1. The predicted octanol–water partition coefficient (Wildman–Crippen LogP) is 3.35. The molecular weight excluding hydrogens is 340 g/mol. The van der Waals surface area contributed by atoms with Gasteiger partial charge in [0.05, 0.1) is 16.8 Å². The molecule has 8 heteroatoms. The van der Waals surface area contributed by atoms with Crippen LogP contribution in [0.4, 0.5) is 8.78 Å². The van der Waals surface area contributed by atoms with Crippen LogP contribution >= 0.6 is 23.1 Å². The van der Waals surface area contributed by atoms with Gasteiger partial charge >= 0.3 is 0 Å². The lowest BCUT2D eigenvalue weighted by atomic mass is 10.3. The molecule has 0 saturated carbocycles. The maximum Gasteiger partial charge on any atom is 0.230 e. The maximum absolute atomic E-state index is 13.1. The number of aromatic amines is 1. The van der Waals surface area contributed by atoms with E-state index in [0.717, 1.165) is 18.6 Å². The number of thioether (sulfide) groups is 1. The zero-order valence-electron chi connectivity index (χ0n) is 11.9. The molecule has 2 N–H and O–H groups in total. The lowest BCUT2D eigenvalue weighted by Crippen LogP contribution is -2.27. The van der Waals surface area contributed by atoms with E-state index in [1.807, 2.05) is 17.5 Å². The number of hydrogen-bond acceptors (Lipinski definition) is 4. The Morgan fingerprint density at radius 2 is 2.17 bits per heavy atom. The first-order chi connectivity index (χ1) is 11.1. The van der Waals surface area contributed by atoms with Crippen molar-refractivity contribution >= 4 is 40.0 Å². The summed E-state index contributed by atoms with van der Waals surface area (Å²) in [5, 5.41) is 5.29. The SMILES string of the molecule is O=C(CSc1nc2cc(F)c(F)cc2[nH]1)NCCc1cccs1. The second-order valence-corrected chi connectivity index (χ2v) is 6.79. The molecule has 23 heavy (non-hydrogen) atoms. The van der Waals surface area contributed by atoms with Crippen LogP contribution in [-0.2, 0) is 11.2 Å². The van der Waals surface area contributed by atoms with Crippen molar-refractivity contribution in [2.45, 2.75) is 11.6 Å². The molecule has 0 spiro atoms. The number of nitrogens with one attached hydrogen (secondary N) is 2. The molecule has 120 valence electrons. The number of carbonyl (C=O) groups is 1. The van der Waals surface area contributed by atoms with Gasteiger partial charge in [-0.2, -0.15) is 0 Å². The molecule has 2 aromatic heterocycles. The van der Waals surface area contributed by atoms with Crippen molar-refractivity contribution in [2.24, 2.45) is 0 Å². The molecule has 0 aliphatic heterocycles. The van der Waals surface area contributed by atoms with Crippen LogP contribution < -0.4 is 5.32 Å². The van der Waals surface area contributed by atoms with E-state index in [-0.39, 0.29) is 11.7 Å². The van der Waals surface area contributed by atoms with E-state index in [0.29, 0.717) is 22.7 Å². The maximum atomic E-state index is 13.1. The van der Waals surface area contributed by atoms with E-state index in [9.17, 15) is 13.6 Å². The van der Waals surface area contributed by atoms with E-state index in [4.69, 9.17) is 0 Å². The Bertz CT molecular complexity index is 779. The zero-order valence-corrected chi connectivity index (χ0v) is 13.6. The van der Waals surface area contributed by atoms with Crippen LogP contribution in [0.2, 0.25) is 0 Å². The Hall–Kier alpha value is -1.93. The van der Waals surface area contributed by atoms with Gasteiger partial charge in [-0.1, -0.05) is 17.8 Å². The number of imidazole rings is 1. The number of hydrogen-bond donors (Lipinski definition) is 2.